The van der Waals surface area contributed by atoms with Crippen LogP contribution >= 0.6 is 0 Å². The number of amides is 7. The summed E-state index contributed by atoms with van der Waals surface area (Å²) in [5.41, 5.74) is -0.597. The van der Waals surface area contributed by atoms with E-state index in [1.54, 1.807) is 48.0 Å². The van der Waals surface area contributed by atoms with Crippen LogP contribution in [0.4, 0.5) is 0 Å². The van der Waals surface area contributed by atoms with Gasteiger partial charge in [-0.15, -0.1) is 0 Å². The fourth-order valence-electron chi connectivity index (χ4n) is 9.27. The van der Waals surface area contributed by atoms with E-state index in [-0.39, 0.29) is 95.6 Å². The molecule has 1 aromatic carbocycles. The quantitative estimate of drug-likeness (QED) is 0.0633. The first kappa shape index (κ1) is 56.3. The van der Waals surface area contributed by atoms with Crippen molar-refractivity contribution in [2.24, 2.45) is 11.8 Å². The predicted molar refractivity (Wildman–Crippen MR) is 251 cm³/mol. The molecule has 6 unspecified atom stereocenters. The number of benzene rings is 1. The molecule has 7 amide bonds. The number of nitrogens with zero attached hydrogens (tertiary/aromatic N) is 3. The zero-order valence-corrected chi connectivity index (χ0v) is 41.1. The number of carbonyl (C=O) groups excluding carboxylic acids is 7. The van der Waals surface area contributed by atoms with Crippen molar-refractivity contribution in [3.05, 3.63) is 48.0 Å². The van der Waals surface area contributed by atoms with Gasteiger partial charge in [0.2, 0.25) is 29.5 Å². The molecule has 20 nitrogen and oxygen atoms in total. The van der Waals surface area contributed by atoms with E-state index in [1.807, 2.05) is 6.07 Å². The highest BCUT2D eigenvalue weighted by Gasteiger charge is 2.43. The van der Waals surface area contributed by atoms with Crippen LogP contribution in [0, 0.1) is 11.8 Å². The lowest BCUT2D eigenvalue weighted by Crippen LogP contribution is -2.58. The summed E-state index contributed by atoms with van der Waals surface area (Å²) >= 11 is 0. The summed E-state index contributed by atoms with van der Waals surface area (Å²) in [6.07, 6.45) is 6.91. The van der Waals surface area contributed by atoms with Gasteiger partial charge >= 0.3 is 5.97 Å². The molecule has 6 atom stereocenters. The standard InChI is InChI=1S/C49H74N6O14/c1-33(46(61)51-36(47(62)63)30-34-14-9-7-10-15-34)45(66-6)37-18-13-22-54(37)42(59)31-38(65-5)44(35-16-11-8-12-17-35)53(4)43(60)32-50-48(64)49(2,3)52-39(56)21-24-67-26-28-69-29-27-68-25-23-55-40(57)19-20-41(55)58/h7,9-10,14-15,19-20,33,35-38,44-45H,8,11-13,16-18,21-32H2,1-6H3,(H,50,64)(H,51,61)(H,52,56)(H,62,63). The number of imide groups is 1. The molecule has 0 radical (unpaired) electrons. The number of hydrogen-bond acceptors (Lipinski definition) is 13. The van der Waals surface area contributed by atoms with E-state index in [1.165, 1.54) is 40.2 Å². The number of methoxy groups -OCH3 is 2. The van der Waals surface area contributed by atoms with Crippen LogP contribution in [0.15, 0.2) is 42.5 Å². The van der Waals surface area contributed by atoms with E-state index < -0.39 is 71.4 Å². The van der Waals surface area contributed by atoms with Gasteiger partial charge in [-0.1, -0.05) is 56.5 Å². The van der Waals surface area contributed by atoms with Gasteiger partial charge in [-0.3, -0.25) is 38.5 Å². The minimum absolute atomic E-state index is 0.0223. The van der Waals surface area contributed by atoms with Crippen molar-refractivity contribution in [2.45, 2.75) is 121 Å². The Morgan fingerprint density at radius 2 is 1.46 bits per heavy atom. The van der Waals surface area contributed by atoms with Gasteiger partial charge in [0, 0.05) is 52.8 Å². The first-order chi connectivity index (χ1) is 33.0. The first-order valence-corrected chi connectivity index (χ1v) is 24.0. The lowest BCUT2D eigenvalue weighted by molar-refractivity contribution is -0.147. The minimum Gasteiger partial charge on any atom is -0.480 e. The number of carbonyl (C=O) groups is 8. The summed E-state index contributed by atoms with van der Waals surface area (Å²) in [5.74, 6) is -4.76. The maximum atomic E-state index is 14.3. The Bertz CT molecular complexity index is 1890. The Labute approximate surface area is 405 Å². The van der Waals surface area contributed by atoms with Crippen molar-refractivity contribution in [1.29, 1.82) is 0 Å². The van der Waals surface area contributed by atoms with Gasteiger partial charge in [-0.05, 0) is 51.0 Å². The molecule has 1 aliphatic carbocycles. The second-order valence-electron chi connectivity index (χ2n) is 18.4. The van der Waals surface area contributed by atoms with Crippen molar-refractivity contribution in [3.8, 4) is 0 Å². The smallest absolute Gasteiger partial charge is 0.326 e. The zero-order chi connectivity index (χ0) is 50.5. The summed E-state index contributed by atoms with van der Waals surface area (Å²) in [6.45, 7) is 6.24. The number of hydrogen-bond donors (Lipinski definition) is 4. The molecule has 1 saturated heterocycles. The van der Waals surface area contributed by atoms with Crippen molar-refractivity contribution < 1.29 is 67.1 Å². The highest BCUT2D eigenvalue weighted by Crippen LogP contribution is 2.34. The van der Waals surface area contributed by atoms with Crippen molar-refractivity contribution in [2.75, 3.05) is 80.5 Å². The van der Waals surface area contributed by atoms with Gasteiger partial charge in [0.1, 0.15) is 11.6 Å². The van der Waals surface area contributed by atoms with E-state index in [0.717, 1.165) is 42.6 Å². The fourth-order valence-corrected chi connectivity index (χ4v) is 9.27. The molecule has 20 heteroatoms. The Balaban J connectivity index is 1.24. The van der Waals surface area contributed by atoms with Crippen LogP contribution in [0.25, 0.3) is 0 Å². The number of rotatable bonds is 30. The van der Waals surface area contributed by atoms with Gasteiger partial charge in [0.05, 0.1) is 89.4 Å². The van der Waals surface area contributed by atoms with Crippen molar-refractivity contribution >= 4 is 47.3 Å². The number of likely N-dealkylation sites (N-methyl/N-ethyl adjacent to an activating group) is 1. The van der Waals surface area contributed by atoms with E-state index in [0.29, 0.717) is 19.4 Å². The predicted octanol–water partition coefficient (Wildman–Crippen LogP) is 1.63. The van der Waals surface area contributed by atoms with Crippen LogP contribution in [-0.4, -0.2) is 184 Å². The third-order valence-electron chi connectivity index (χ3n) is 13.1. The molecule has 384 valence electrons. The SMILES string of the molecule is COC(CC(=O)N1CCCC1C(OC)C(C)C(=O)NC(Cc1ccccc1)C(=O)O)C(C1CCCCC1)N(C)C(=O)CNC(=O)C(C)(C)NC(=O)CCOCCOCCOCCN1C(=O)C=CC1=O. The third kappa shape index (κ3) is 17.3. The summed E-state index contributed by atoms with van der Waals surface area (Å²) in [4.78, 5) is 107. The lowest BCUT2D eigenvalue weighted by Gasteiger charge is -2.41. The van der Waals surface area contributed by atoms with Crippen LogP contribution in [0.1, 0.15) is 84.1 Å². The molecule has 69 heavy (non-hydrogen) atoms. The van der Waals surface area contributed by atoms with Gasteiger partial charge in [0.15, 0.2) is 0 Å². The number of nitrogens with one attached hydrogen (secondary N) is 3. The summed E-state index contributed by atoms with van der Waals surface area (Å²) in [5, 5.41) is 18.0. The third-order valence-corrected chi connectivity index (χ3v) is 13.1. The van der Waals surface area contributed by atoms with Crippen LogP contribution in [0.3, 0.4) is 0 Å². The average Bonchev–Trinajstić information content (AvgIpc) is 3.95. The fraction of sp³-hybridized carbons (Fsp3) is 0.673. The number of likely N-dealkylation sites (tertiary alicyclic amines) is 1. The van der Waals surface area contributed by atoms with Crippen LogP contribution < -0.4 is 16.0 Å². The summed E-state index contributed by atoms with van der Waals surface area (Å²) < 4.78 is 28.3. The molecule has 0 bridgehead atoms. The number of carboxylic acids is 1. The number of carboxylic acid groups (broad SMARTS) is 1. The Morgan fingerprint density at radius 3 is 2.07 bits per heavy atom. The maximum Gasteiger partial charge on any atom is 0.326 e. The Hall–Kier alpha value is -5.28. The largest absolute Gasteiger partial charge is 0.480 e. The van der Waals surface area contributed by atoms with Crippen LogP contribution in [0.5, 0.6) is 0 Å². The first-order valence-electron chi connectivity index (χ1n) is 24.0. The normalized spacial score (nSPS) is 18.6. The summed E-state index contributed by atoms with van der Waals surface area (Å²) in [6, 6.07) is 6.91. The van der Waals surface area contributed by atoms with Crippen LogP contribution in [0.2, 0.25) is 0 Å². The van der Waals surface area contributed by atoms with E-state index in [4.69, 9.17) is 23.7 Å². The van der Waals surface area contributed by atoms with E-state index >= 15 is 0 Å². The molecular weight excluding hydrogens is 897 g/mol. The molecule has 2 fully saturated rings. The second-order valence-corrected chi connectivity index (χ2v) is 18.4. The second kappa shape index (κ2) is 28.4. The van der Waals surface area contributed by atoms with Gasteiger partial charge in [0.25, 0.3) is 11.8 Å². The molecule has 4 rings (SSSR count). The highest BCUT2D eigenvalue weighted by molar-refractivity contribution is 6.12. The van der Waals surface area contributed by atoms with Crippen molar-refractivity contribution in [1.82, 2.24) is 30.7 Å². The highest BCUT2D eigenvalue weighted by atomic mass is 16.5. The Kier molecular flexibility index (Phi) is 23.2. The van der Waals surface area contributed by atoms with Crippen molar-refractivity contribution in [3.63, 3.8) is 0 Å². The van der Waals surface area contributed by atoms with Gasteiger partial charge in [-0.2, -0.15) is 0 Å². The molecule has 3 aliphatic rings. The number of aliphatic carboxylic acids is 1. The van der Waals surface area contributed by atoms with E-state index in [9.17, 15) is 43.5 Å². The van der Waals surface area contributed by atoms with Gasteiger partial charge < -0.3 is 54.5 Å². The molecule has 2 heterocycles. The van der Waals surface area contributed by atoms with Crippen LogP contribution in [-0.2, 0) is 68.5 Å². The molecule has 0 aromatic heterocycles. The molecule has 1 aromatic rings. The minimum atomic E-state index is -1.36. The van der Waals surface area contributed by atoms with E-state index in [2.05, 4.69) is 16.0 Å². The number of ether oxygens (including phenoxy) is 5. The average molecular weight is 971 g/mol. The Morgan fingerprint density at radius 1 is 0.841 bits per heavy atom. The lowest BCUT2D eigenvalue weighted by atomic mass is 9.80. The molecular formula is C49H74N6O14. The molecule has 1 saturated carbocycles. The molecule has 4 N–H and O–H groups in total. The topological polar surface area (TPSA) is 249 Å². The maximum absolute atomic E-state index is 14.3. The molecule has 2 aliphatic heterocycles. The zero-order valence-electron chi connectivity index (χ0n) is 41.1. The molecule has 0 spiro atoms. The van der Waals surface area contributed by atoms with Gasteiger partial charge in [-0.25, -0.2) is 4.79 Å². The monoisotopic (exact) mass is 971 g/mol. The summed E-state index contributed by atoms with van der Waals surface area (Å²) in [7, 11) is 4.65.